The van der Waals surface area contributed by atoms with E-state index in [-0.39, 0.29) is 0 Å². The van der Waals surface area contributed by atoms with E-state index in [1.54, 1.807) is 6.20 Å². The summed E-state index contributed by atoms with van der Waals surface area (Å²) < 4.78 is 4.11. The van der Waals surface area contributed by atoms with Gasteiger partial charge in [0.15, 0.2) is 0 Å². The van der Waals surface area contributed by atoms with Crippen LogP contribution in [0.2, 0.25) is 0 Å². The third-order valence-electron chi connectivity index (χ3n) is 4.78. The number of aromatic nitrogens is 4. The van der Waals surface area contributed by atoms with E-state index in [0.717, 1.165) is 18.8 Å². The molecule has 5 heteroatoms. The van der Waals surface area contributed by atoms with Crippen molar-refractivity contribution in [2.24, 2.45) is 0 Å². The van der Waals surface area contributed by atoms with Gasteiger partial charge in [-0.05, 0) is 49.6 Å². The number of likely N-dealkylation sites (tertiary alicyclic amines) is 1. The molecule has 24 heavy (non-hydrogen) atoms. The number of hydrogen-bond donors (Lipinski definition) is 0. The first-order valence-corrected chi connectivity index (χ1v) is 8.58. The molecule has 0 saturated carbocycles. The molecule has 1 atom stereocenters. The molecule has 0 aliphatic carbocycles. The largest absolute Gasteiger partial charge is 0.306 e. The van der Waals surface area contributed by atoms with E-state index in [0.29, 0.717) is 6.04 Å². The lowest BCUT2D eigenvalue weighted by Crippen LogP contribution is -2.32. The Morgan fingerprint density at radius 2 is 2.08 bits per heavy atom. The van der Waals surface area contributed by atoms with E-state index in [4.69, 9.17) is 0 Å². The fourth-order valence-electron chi connectivity index (χ4n) is 3.51. The molecule has 1 aromatic carbocycles. The zero-order valence-corrected chi connectivity index (χ0v) is 14.0. The van der Waals surface area contributed by atoms with Gasteiger partial charge in [0.05, 0.1) is 19.1 Å². The molecular weight excluding hydrogens is 298 g/mol. The van der Waals surface area contributed by atoms with Gasteiger partial charge in [-0.2, -0.15) is 5.10 Å². The lowest BCUT2D eigenvalue weighted by molar-refractivity contribution is 0.219. The number of imidazole rings is 1. The summed E-state index contributed by atoms with van der Waals surface area (Å²) in [6, 6.07) is 9.36. The first-order valence-electron chi connectivity index (χ1n) is 8.58. The summed E-state index contributed by atoms with van der Waals surface area (Å²) in [4.78, 5) is 6.69. The summed E-state index contributed by atoms with van der Waals surface area (Å²) >= 11 is 0. The van der Waals surface area contributed by atoms with Crippen molar-refractivity contribution in [3.05, 3.63) is 66.5 Å². The van der Waals surface area contributed by atoms with Crippen LogP contribution < -0.4 is 0 Å². The van der Waals surface area contributed by atoms with Gasteiger partial charge in [-0.3, -0.25) is 9.58 Å². The van der Waals surface area contributed by atoms with Crippen molar-refractivity contribution in [1.82, 2.24) is 24.2 Å². The number of aryl methyl sites for hydroxylation is 1. The van der Waals surface area contributed by atoms with Gasteiger partial charge in [0.25, 0.3) is 0 Å². The quantitative estimate of drug-likeness (QED) is 0.725. The van der Waals surface area contributed by atoms with Crippen LogP contribution in [0.15, 0.2) is 55.4 Å². The second-order valence-electron chi connectivity index (χ2n) is 6.64. The SMILES string of the molecule is Cc1cnn(CC2CCCN2Cc2ccc(-n3ccnc3)cc2)c1. The Morgan fingerprint density at radius 3 is 2.79 bits per heavy atom. The minimum atomic E-state index is 0.581. The lowest BCUT2D eigenvalue weighted by Gasteiger charge is -2.24. The number of benzene rings is 1. The molecule has 3 aromatic rings. The van der Waals surface area contributed by atoms with Gasteiger partial charge in [0, 0.05) is 36.9 Å². The molecule has 0 bridgehead atoms. The van der Waals surface area contributed by atoms with E-state index < -0.39 is 0 Å². The molecule has 0 radical (unpaired) electrons. The summed E-state index contributed by atoms with van der Waals surface area (Å²) in [6.45, 7) is 5.27. The van der Waals surface area contributed by atoms with Crippen molar-refractivity contribution in [1.29, 1.82) is 0 Å². The topological polar surface area (TPSA) is 38.9 Å². The average Bonchev–Trinajstić information content (AvgIpc) is 3.32. The van der Waals surface area contributed by atoms with Crippen molar-refractivity contribution >= 4 is 0 Å². The molecule has 1 aliphatic heterocycles. The highest BCUT2D eigenvalue weighted by Crippen LogP contribution is 2.22. The van der Waals surface area contributed by atoms with Gasteiger partial charge < -0.3 is 4.57 Å². The van der Waals surface area contributed by atoms with Crippen molar-refractivity contribution in [2.45, 2.75) is 38.9 Å². The Hall–Kier alpha value is -2.40. The van der Waals surface area contributed by atoms with Gasteiger partial charge in [-0.1, -0.05) is 12.1 Å². The van der Waals surface area contributed by atoms with E-state index in [2.05, 4.69) is 57.1 Å². The normalized spacial score (nSPS) is 18.3. The molecular formula is C19H23N5. The van der Waals surface area contributed by atoms with Crippen LogP contribution in [0.25, 0.3) is 5.69 Å². The Kier molecular flexibility index (Phi) is 4.17. The van der Waals surface area contributed by atoms with E-state index >= 15 is 0 Å². The summed E-state index contributed by atoms with van der Waals surface area (Å²) in [7, 11) is 0. The molecule has 5 nitrogen and oxygen atoms in total. The maximum atomic E-state index is 4.44. The highest BCUT2D eigenvalue weighted by Gasteiger charge is 2.25. The molecule has 0 amide bonds. The molecule has 1 saturated heterocycles. The fourth-order valence-corrected chi connectivity index (χ4v) is 3.51. The summed E-state index contributed by atoms with van der Waals surface area (Å²) in [5.41, 5.74) is 3.75. The van der Waals surface area contributed by atoms with Crippen LogP contribution in [0.1, 0.15) is 24.0 Å². The highest BCUT2D eigenvalue weighted by atomic mass is 15.3. The van der Waals surface area contributed by atoms with Crippen molar-refractivity contribution < 1.29 is 0 Å². The van der Waals surface area contributed by atoms with Gasteiger partial charge >= 0.3 is 0 Å². The van der Waals surface area contributed by atoms with E-state index in [9.17, 15) is 0 Å². The Balaban J connectivity index is 1.42. The third-order valence-corrected chi connectivity index (χ3v) is 4.78. The lowest BCUT2D eigenvalue weighted by atomic mass is 10.1. The summed E-state index contributed by atoms with van der Waals surface area (Å²) in [5, 5.41) is 4.44. The maximum absolute atomic E-state index is 4.44. The van der Waals surface area contributed by atoms with Crippen LogP contribution in [0, 0.1) is 6.92 Å². The second-order valence-corrected chi connectivity index (χ2v) is 6.64. The Morgan fingerprint density at radius 1 is 1.21 bits per heavy atom. The highest BCUT2D eigenvalue weighted by molar-refractivity contribution is 5.34. The van der Waals surface area contributed by atoms with Gasteiger partial charge in [0.1, 0.15) is 0 Å². The molecule has 1 aliphatic rings. The Labute approximate surface area is 142 Å². The maximum Gasteiger partial charge on any atom is 0.0991 e. The van der Waals surface area contributed by atoms with Crippen LogP contribution in [-0.2, 0) is 13.1 Å². The van der Waals surface area contributed by atoms with Crippen molar-refractivity contribution in [2.75, 3.05) is 6.54 Å². The average molecular weight is 321 g/mol. The monoisotopic (exact) mass is 321 g/mol. The zero-order chi connectivity index (χ0) is 16.4. The number of nitrogens with zero attached hydrogens (tertiary/aromatic N) is 5. The molecule has 4 rings (SSSR count). The molecule has 0 spiro atoms. The summed E-state index contributed by atoms with van der Waals surface area (Å²) in [5.74, 6) is 0. The second kappa shape index (κ2) is 6.61. The molecule has 0 N–H and O–H groups in total. The first kappa shape index (κ1) is 15.1. The van der Waals surface area contributed by atoms with Crippen LogP contribution in [0.3, 0.4) is 0 Å². The zero-order valence-electron chi connectivity index (χ0n) is 14.0. The van der Waals surface area contributed by atoms with Gasteiger partial charge in [0.2, 0.25) is 0 Å². The summed E-state index contributed by atoms with van der Waals surface area (Å²) in [6.07, 6.45) is 12.2. The third kappa shape index (κ3) is 3.26. The van der Waals surface area contributed by atoms with E-state index in [1.165, 1.54) is 30.5 Å². The van der Waals surface area contributed by atoms with Crippen LogP contribution in [0.4, 0.5) is 0 Å². The van der Waals surface area contributed by atoms with Crippen LogP contribution in [-0.4, -0.2) is 36.8 Å². The standard InChI is InChI=1S/C19H23N5/c1-16-11-21-24(12-16)14-19-3-2-9-22(19)13-17-4-6-18(7-5-17)23-10-8-20-15-23/h4-8,10-12,15,19H,2-3,9,13-14H2,1H3. The smallest absolute Gasteiger partial charge is 0.0991 e. The molecule has 2 aromatic heterocycles. The predicted octanol–water partition coefficient (Wildman–Crippen LogP) is 3.04. The predicted molar refractivity (Wildman–Crippen MR) is 94.0 cm³/mol. The van der Waals surface area contributed by atoms with Crippen molar-refractivity contribution in [3.63, 3.8) is 0 Å². The van der Waals surface area contributed by atoms with E-state index in [1.807, 2.05) is 23.3 Å². The molecule has 1 fully saturated rings. The molecule has 1 unspecified atom stereocenters. The number of hydrogen-bond acceptors (Lipinski definition) is 3. The number of rotatable bonds is 5. The van der Waals surface area contributed by atoms with Crippen LogP contribution in [0.5, 0.6) is 0 Å². The molecule has 124 valence electrons. The molecule has 3 heterocycles. The van der Waals surface area contributed by atoms with Crippen molar-refractivity contribution in [3.8, 4) is 5.69 Å². The van der Waals surface area contributed by atoms with Gasteiger partial charge in [-0.25, -0.2) is 4.98 Å². The van der Waals surface area contributed by atoms with Gasteiger partial charge in [-0.15, -0.1) is 0 Å². The minimum Gasteiger partial charge on any atom is -0.306 e. The fraction of sp³-hybridized carbons (Fsp3) is 0.368. The first-order chi connectivity index (χ1) is 11.8. The van der Waals surface area contributed by atoms with Crippen LogP contribution >= 0.6 is 0 Å². The minimum absolute atomic E-state index is 0.581. The Bertz CT molecular complexity index is 772.